The van der Waals surface area contributed by atoms with Gasteiger partial charge in [-0.1, -0.05) is 29.4 Å². The molecule has 1 saturated heterocycles. The minimum absolute atomic E-state index is 0.0435. The van der Waals surface area contributed by atoms with Crippen LogP contribution >= 0.6 is 0 Å². The second-order valence-electron chi connectivity index (χ2n) is 8.54. The standard InChI is InChI=1S/C21H28N4O4S/c1-4-30(27,28)24-18-10-17-12-25(19(26)9-16-8-6-5-7-14(16)2)13-21(17,11-18)20-22-15(3)23-29-20/h5-8,17-18,24H,4,9-13H2,1-3H3. The number of likely N-dealkylation sites (tertiary alicyclic amines) is 1. The molecule has 1 N–H and O–H groups in total. The Hall–Kier alpha value is -2.26. The van der Waals surface area contributed by atoms with Crippen LogP contribution in [0.3, 0.4) is 0 Å². The van der Waals surface area contributed by atoms with Gasteiger partial charge >= 0.3 is 0 Å². The molecule has 2 heterocycles. The highest BCUT2D eigenvalue weighted by molar-refractivity contribution is 7.89. The van der Waals surface area contributed by atoms with Crippen LogP contribution in [0.15, 0.2) is 28.8 Å². The van der Waals surface area contributed by atoms with E-state index in [1.54, 1.807) is 13.8 Å². The van der Waals surface area contributed by atoms with Crippen molar-refractivity contribution in [3.63, 3.8) is 0 Å². The van der Waals surface area contributed by atoms with E-state index in [0.29, 0.717) is 44.1 Å². The Morgan fingerprint density at radius 3 is 2.77 bits per heavy atom. The predicted molar refractivity (Wildman–Crippen MR) is 111 cm³/mol. The molecule has 9 heteroatoms. The van der Waals surface area contributed by atoms with E-state index in [1.165, 1.54) is 0 Å². The van der Waals surface area contributed by atoms with Gasteiger partial charge in [-0.25, -0.2) is 13.1 Å². The first-order valence-corrected chi connectivity index (χ1v) is 12.0. The Kier molecular flexibility index (Phi) is 5.44. The summed E-state index contributed by atoms with van der Waals surface area (Å²) < 4.78 is 32.6. The summed E-state index contributed by atoms with van der Waals surface area (Å²) in [5.41, 5.74) is 1.61. The van der Waals surface area contributed by atoms with Crippen molar-refractivity contribution < 1.29 is 17.7 Å². The van der Waals surface area contributed by atoms with Gasteiger partial charge in [-0.05, 0) is 50.7 Å². The number of carbonyl (C=O) groups excluding carboxylic acids is 1. The number of aryl methyl sites for hydroxylation is 2. The first kappa shape index (κ1) is 21.0. The number of sulfonamides is 1. The van der Waals surface area contributed by atoms with Gasteiger partial charge in [0.15, 0.2) is 5.82 Å². The molecule has 3 unspecified atom stereocenters. The minimum atomic E-state index is -3.31. The zero-order chi connectivity index (χ0) is 21.5. The number of aromatic nitrogens is 2. The number of hydrogen-bond donors (Lipinski definition) is 1. The lowest BCUT2D eigenvalue weighted by atomic mass is 9.80. The second kappa shape index (κ2) is 7.77. The van der Waals surface area contributed by atoms with Crippen molar-refractivity contribution >= 4 is 15.9 Å². The molecule has 1 amide bonds. The summed E-state index contributed by atoms with van der Waals surface area (Å²) in [7, 11) is -3.31. The first-order valence-electron chi connectivity index (χ1n) is 10.4. The molecule has 0 spiro atoms. The van der Waals surface area contributed by atoms with E-state index in [2.05, 4.69) is 14.9 Å². The summed E-state index contributed by atoms with van der Waals surface area (Å²) in [6, 6.07) is 7.71. The molecule has 3 atom stereocenters. The highest BCUT2D eigenvalue weighted by Crippen LogP contribution is 2.50. The fraction of sp³-hybridized carbons (Fsp3) is 0.571. The maximum Gasteiger partial charge on any atom is 0.235 e. The van der Waals surface area contributed by atoms with E-state index in [-0.39, 0.29) is 23.6 Å². The molecule has 1 aromatic carbocycles. The van der Waals surface area contributed by atoms with Gasteiger partial charge in [0.2, 0.25) is 21.8 Å². The van der Waals surface area contributed by atoms with Crippen LogP contribution in [0.25, 0.3) is 0 Å². The molecule has 2 aliphatic rings. The highest BCUT2D eigenvalue weighted by atomic mass is 32.2. The maximum atomic E-state index is 13.1. The maximum absolute atomic E-state index is 13.1. The molecule has 1 aromatic heterocycles. The average molecular weight is 433 g/mol. The number of nitrogens with zero attached hydrogens (tertiary/aromatic N) is 3. The van der Waals surface area contributed by atoms with Crippen molar-refractivity contribution in [3.8, 4) is 0 Å². The number of carbonyl (C=O) groups is 1. The van der Waals surface area contributed by atoms with Crippen LogP contribution in [0.5, 0.6) is 0 Å². The largest absolute Gasteiger partial charge is 0.341 e. The van der Waals surface area contributed by atoms with Crippen molar-refractivity contribution in [2.24, 2.45) is 5.92 Å². The van der Waals surface area contributed by atoms with Crippen molar-refractivity contribution in [1.29, 1.82) is 0 Å². The zero-order valence-corrected chi connectivity index (χ0v) is 18.4. The third-order valence-electron chi connectivity index (χ3n) is 6.51. The van der Waals surface area contributed by atoms with Crippen molar-refractivity contribution in [2.45, 2.75) is 51.5 Å². The number of rotatable bonds is 6. The Labute approximate surface area is 177 Å². The Bertz CT molecular complexity index is 1050. The van der Waals surface area contributed by atoms with Crippen molar-refractivity contribution in [1.82, 2.24) is 19.8 Å². The zero-order valence-electron chi connectivity index (χ0n) is 17.6. The van der Waals surface area contributed by atoms with Gasteiger partial charge in [0.1, 0.15) is 0 Å². The SMILES string of the molecule is CCS(=O)(=O)NC1CC2CN(C(=O)Cc3ccccc3C)CC2(c2nc(C)no2)C1. The molecule has 0 bridgehead atoms. The number of nitrogens with one attached hydrogen (secondary N) is 1. The number of hydrogen-bond acceptors (Lipinski definition) is 6. The van der Waals surface area contributed by atoms with E-state index < -0.39 is 15.4 Å². The van der Waals surface area contributed by atoms with Crippen LogP contribution in [-0.2, 0) is 26.7 Å². The first-order chi connectivity index (χ1) is 14.2. The highest BCUT2D eigenvalue weighted by Gasteiger charge is 2.58. The van der Waals surface area contributed by atoms with Crippen LogP contribution in [0, 0.1) is 19.8 Å². The second-order valence-corrected chi connectivity index (χ2v) is 10.6. The topological polar surface area (TPSA) is 105 Å². The number of benzene rings is 1. The van der Waals surface area contributed by atoms with Crippen LogP contribution in [0.2, 0.25) is 0 Å². The Morgan fingerprint density at radius 2 is 2.10 bits per heavy atom. The molecule has 1 aliphatic heterocycles. The summed E-state index contributed by atoms with van der Waals surface area (Å²) in [6.45, 7) is 6.43. The van der Waals surface area contributed by atoms with E-state index in [0.717, 1.165) is 11.1 Å². The molecule has 4 rings (SSSR count). The summed E-state index contributed by atoms with van der Waals surface area (Å²) in [6.07, 6.45) is 1.55. The molecule has 2 aromatic rings. The van der Waals surface area contributed by atoms with Gasteiger partial charge in [0.05, 0.1) is 17.6 Å². The lowest BCUT2D eigenvalue weighted by Crippen LogP contribution is -2.40. The average Bonchev–Trinajstić information content (AvgIpc) is 3.36. The smallest absolute Gasteiger partial charge is 0.235 e. The molecule has 1 saturated carbocycles. The Morgan fingerprint density at radius 1 is 1.33 bits per heavy atom. The lowest BCUT2D eigenvalue weighted by Gasteiger charge is -2.25. The van der Waals surface area contributed by atoms with Crippen LogP contribution in [0.1, 0.15) is 42.6 Å². The molecule has 2 fully saturated rings. The fourth-order valence-corrected chi connectivity index (χ4v) is 5.76. The number of amides is 1. The third-order valence-corrected chi connectivity index (χ3v) is 7.96. The number of fused-ring (bicyclic) bond motifs is 1. The molecule has 30 heavy (non-hydrogen) atoms. The van der Waals surface area contributed by atoms with Crippen LogP contribution < -0.4 is 4.72 Å². The fourth-order valence-electron chi connectivity index (χ4n) is 4.90. The third kappa shape index (κ3) is 3.88. The van der Waals surface area contributed by atoms with Crippen molar-refractivity contribution in [2.75, 3.05) is 18.8 Å². The summed E-state index contributed by atoms with van der Waals surface area (Å²) in [4.78, 5) is 19.4. The van der Waals surface area contributed by atoms with Gasteiger partial charge in [-0.3, -0.25) is 4.79 Å². The minimum Gasteiger partial charge on any atom is -0.341 e. The lowest BCUT2D eigenvalue weighted by molar-refractivity contribution is -0.129. The van der Waals surface area contributed by atoms with Gasteiger partial charge in [0.25, 0.3) is 0 Å². The predicted octanol–water partition coefficient (Wildman–Crippen LogP) is 1.73. The van der Waals surface area contributed by atoms with Crippen LogP contribution in [-0.4, -0.2) is 54.2 Å². The summed E-state index contributed by atoms with van der Waals surface area (Å²) in [5.74, 6) is 1.24. The summed E-state index contributed by atoms with van der Waals surface area (Å²) >= 11 is 0. The van der Waals surface area contributed by atoms with Gasteiger partial charge in [0, 0.05) is 19.1 Å². The normalized spacial score (nSPS) is 26.2. The van der Waals surface area contributed by atoms with Crippen molar-refractivity contribution in [3.05, 3.63) is 47.1 Å². The monoisotopic (exact) mass is 432 g/mol. The van der Waals surface area contributed by atoms with Crippen LogP contribution in [0.4, 0.5) is 0 Å². The van der Waals surface area contributed by atoms with Gasteiger partial charge < -0.3 is 9.42 Å². The Balaban J connectivity index is 1.56. The van der Waals surface area contributed by atoms with E-state index in [1.807, 2.05) is 36.1 Å². The molecule has 0 radical (unpaired) electrons. The molecular formula is C21H28N4O4S. The molecular weight excluding hydrogens is 404 g/mol. The molecule has 8 nitrogen and oxygen atoms in total. The van der Waals surface area contributed by atoms with E-state index in [9.17, 15) is 13.2 Å². The van der Waals surface area contributed by atoms with Gasteiger partial charge in [-0.15, -0.1) is 0 Å². The van der Waals surface area contributed by atoms with E-state index in [4.69, 9.17) is 4.52 Å². The molecule has 1 aliphatic carbocycles. The van der Waals surface area contributed by atoms with E-state index >= 15 is 0 Å². The molecule has 162 valence electrons. The summed E-state index contributed by atoms with van der Waals surface area (Å²) in [5, 5.41) is 3.95. The quantitative estimate of drug-likeness (QED) is 0.745. The van der Waals surface area contributed by atoms with Gasteiger partial charge in [-0.2, -0.15) is 4.98 Å².